The molecule has 5 aromatic carbocycles. The summed E-state index contributed by atoms with van der Waals surface area (Å²) in [6.07, 6.45) is 7.09. The summed E-state index contributed by atoms with van der Waals surface area (Å²) in [7, 11) is 3.32. The van der Waals surface area contributed by atoms with Crippen molar-refractivity contribution in [2.75, 3.05) is 40.3 Å². The monoisotopic (exact) mass is 1230 g/mol. The van der Waals surface area contributed by atoms with Gasteiger partial charge < -0.3 is 61.8 Å². The van der Waals surface area contributed by atoms with Crippen LogP contribution in [0.3, 0.4) is 0 Å². The standard InChI is InChI=1S/C70H88N10O10/c1-45(71-3)63(81)77-59(69(87)79-43-53(89-51-28-7-5-8-29-51)41-61(79)67(85)75-57-36-20-24-47-22-11-13-32-55(47)57)34-15-17-38-73-65(83)49-26-19-27-50(40-49)66(84)74-39-18-16-35-60(78-64(82)46(2)72-4)70(88)80-44-54(90-52-30-9-6-10-31-52)42-62(80)68(86)76-58-37-21-25-48-23-12-14-33-56(48)58/h5-14,19,22-23,26-33,40,45-46,53-54,57-62,71-72H,15-18,20-21,24-25,34-39,41-44H2,1-4H3,(H,73,83)(H,74,84)(H,75,85)(H,76,86)(H,77,81)(H,78,82)/t45-,46-,53-,54-,57+,58?,59-,60-,61-,62-/m0/s1. The third-order valence-corrected chi connectivity index (χ3v) is 17.8. The van der Waals surface area contributed by atoms with E-state index in [4.69, 9.17) is 9.47 Å². The van der Waals surface area contributed by atoms with E-state index in [-0.39, 0.29) is 98.7 Å². The zero-order chi connectivity index (χ0) is 63.5. The summed E-state index contributed by atoms with van der Waals surface area (Å²) in [5, 5.41) is 24.1. The van der Waals surface area contributed by atoms with E-state index in [0.29, 0.717) is 37.2 Å². The second kappa shape index (κ2) is 32.2. The van der Waals surface area contributed by atoms with Crippen LogP contribution in [-0.2, 0) is 41.6 Å². The molecule has 478 valence electrons. The number of amides is 8. The van der Waals surface area contributed by atoms with Gasteiger partial charge in [-0.1, -0.05) is 91.0 Å². The number of aryl methyl sites for hydroxylation is 2. The number of likely N-dealkylation sites (N-methyl/N-ethyl adjacent to an activating group) is 2. The van der Waals surface area contributed by atoms with E-state index < -0.39 is 72.1 Å². The molecule has 10 atom stereocenters. The van der Waals surface area contributed by atoms with E-state index in [1.54, 1.807) is 55.9 Å². The van der Waals surface area contributed by atoms with Gasteiger partial charge in [-0.25, -0.2) is 0 Å². The van der Waals surface area contributed by atoms with Crippen molar-refractivity contribution in [1.82, 2.24) is 52.3 Å². The van der Waals surface area contributed by atoms with E-state index in [1.807, 2.05) is 97.1 Å². The third kappa shape index (κ3) is 17.4. The fourth-order valence-electron chi connectivity index (χ4n) is 12.6. The van der Waals surface area contributed by atoms with Gasteiger partial charge in [0.1, 0.15) is 47.9 Å². The molecule has 0 saturated carbocycles. The van der Waals surface area contributed by atoms with Gasteiger partial charge >= 0.3 is 0 Å². The molecule has 2 aliphatic heterocycles. The van der Waals surface area contributed by atoms with Gasteiger partial charge in [0.15, 0.2) is 0 Å². The SMILES string of the molecule is CN[C@@H](C)C(=O)N[C@@H](CCCCNC(=O)c1cccc(C(=O)NCCCC[C@H](NC(=O)[C@H](C)NC)C(=O)N2C[C@@H](Oc3ccccc3)C[C@H]2C(=O)N[C@@H]2CCCc3ccccc32)c1)C(=O)N1C[C@@H](Oc2ccccc2)C[C@H]1C(=O)NC1CCCc2ccccc21. The van der Waals surface area contributed by atoms with Gasteiger partial charge in [0.25, 0.3) is 11.8 Å². The quantitative estimate of drug-likeness (QED) is 0.0262. The Bertz CT molecular complexity index is 3070. The Morgan fingerprint density at radius 1 is 0.500 bits per heavy atom. The van der Waals surface area contributed by atoms with Crippen LogP contribution in [0.15, 0.2) is 133 Å². The number of nitrogens with one attached hydrogen (secondary N) is 8. The molecule has 1 unspecified atom stereocenters. The maximum Gasteiger partial charge on any atom is 0.251 e. The van der Waals surface area contributed by atoms with Crippen LogP contribution in [0, 0.1) is 0 Å². The molecule has 0 aromatic heterocycles. The molecule has 2 aliphatic carbocycles. The van der Waals surface area contributed by atoms with Crippen LogP contribution in [0.5, 0.6) is 11.5 Å². The largest absolute Gasteiger partial charge is 0.488 e. The lowest BCUT2D eigenvalue weighted by Gasteiger charge is -2.31. The summed E-state index contributed by atoms with van der Waals surface area (Å²) in [6.45, 7) is 4.16. The lowest BCUT2D eigenvalue weighted by Crippen LogP contribution is -2.55. The Morgan fingerprint density at radius 3 is 1.31 bits per heavy atom. The van der Waals surface area contributed by atoms with Gasteiger partial charge in [-0.3, -0.25) is 38.4 Å². The van der Waals surface area contributed by atoms with Crippen LogP contribution >= 0.6 is 0 Å². The molecule has 2 saturated heterocycles. The minimum atomic E-state index is -0.973. The van der Waals surface area contributed by atoms with E-state index in [9.17, 15) is 38.4 Å². The topological polar surface area (TPSA) is 258 Å². The third-order valence-electron chi connectivity index (χ3n) is 17.8. The van der Waals surface area contributed by atoms with Crippen molar-refractivity contribution >= 4 is 47.3 Å². The van der Waals surface area contributed by atoms with E-state index in [1.165, 1.54) is 17.2 Å². The van der Waals surface area contributed by atoms with Crippen molar-refractivity contribution in [1.29, 1.82) is 0 Å². The molecule has 2 fully saturated rings. The second-order valence-electron chi connectivity index (χ2n) is 24.1. The van der Waals surface area contributed by atoms with Gasteiger partial charge in [0.2, 0.25) is 35.4 Å². The lowest BCUT2D eigenvalue weighted by molar-refractivity contribution is -0.142. The minimum absolute atomic E-state index is 0.141. The number of benzene rings is 5. The Balaban J connectivity index is 0.776. The summed E-state index contributed by atoms with van der Waals surface area (Å²) >= 11 is 0. The lowest BCUT2D eigenvalue weighted by atomic mass is 9.87. The van der Waals surface area contributed by atoms with Crippen molar-refractivity contribution in [2.24, 2.45) is 0 Å². The number of unbranched alkanes of at least 4 members (excludes halogenated alkanes) is 2. The molecule has 9 rings (SSSR count). The summed E-state index contributed by atoms with van der Waals surface area (Å²) < 4.78 is 12.7. The van der Waals surface area contributed by atoms with Gasteiger partial charge in [-0.2, -0.15) is 0 Å². The highest BCUT2D eigenvalue weighted by atomic mass is 16.5. The van der Waals surface area contributed by atoms with Crippen molar-refractivity contribution in [3.8, 4) is 11.5 Å². The first-order chi connectivity index (χ1) is 43.7. The van der Waals surface area contributed by atoms with Gasteiger partial charge in [0, 0.05) is 37.1 Å². The van der Waals surface area contributed by atoms with E-state index in [0.717, 1.165) is 49.7 Å². The van der Waals surface area contributed by atoms with Gasteiger partial charge in [-0.15, -0.1) is 0 Å². The normalized spacial score (nSPS) is 20.6. The predicted molar refractivity (Wildman–Crippen MR) is 342 cm³/mol. The molecule has 0 radical (unpaired) electrons. The molecular weight excluding hydrogens is 1140 g/mol. The predicted octanol–water partition coefficient (Wildman–Crippen LogP) is 6.16. The van der Waals surface area contributed by atoms with Crippen molar-refractivity contribution in [3.05, 3.63) is 167 Å². The maximum atomic E-state index is 14.8. The molecule has 4 aliphatic rings. The maximum absolute atomic E-state index is 14.8. The average Bonchev–Trinajstić information content (AvgIpc) is 1.70. The molecule has 90 heavy (non-hydrogen) atoms. The minimum Gasteiger partial charge on any atom is -0.488 e. The highest BCUT2D eigenvalue weighted by Crippen LogP contribution is 2.34. The molecule has 0 bridgehead atoms. The van der Waals surface area contributed by atoms with E-state index >= 15 is 0 Å². The highest BCUT2D eigenvalue weighted by molar-refractivity contribution is 6.00. The molecule has 20 heteroatoms. The number of carbonyl (C=O) groups excluding carboxylic acids is 8. The first-order valence-electron chi connectivity index (χ1n) is 32.1. The van der Waals surface area contributed by atoms with Crippen LogP contribution in [0.1, 0.15) is 146 Å². The first-order valence-corrected chi connectivity index (χ1v) is 32.1. The van der Waals surface area contributed by atoms with Crippen molar-refractivity contribution in [3.63, 3.8) is 0 Å². The smallest absolute Gasteiger partial charge is 0.251 e. The Labute approximate surface area is 528 Å². The summed E-state index contributed by atoms with van der Waals surface area (Å²) in [5.74, 6) is -1.63. The summed E-state index contributed by atoms with van der Waals surface area (Å²) in [6, 6.07) is 35.9. The first kappa shape index (κ1) is 65.8. The number of likely N-dealkylation sites (tertiary alicyclic amines) is 2. The summed E-state index contributed by atoms with van der Waals surface area (Å²) in [5.41, 5.74) is 5.09. The second-order valence-corrected chi connectivity index (χ2v) is 24.1. The van der Waals surface area contributed by atoms with Crippen molar-refractivity contribution in [2.45, 2.75) is 164 Å². The Kier molecular flexibility index (Phi) is 23.6. The van der Waals surface area contributed by atoms with Gasteiger partial charge in [-0.05, 0) is 170 Å². The molecule has 20 nitrogen and oxygen atoms in total. The van der Waals surface area contributed by atoms with Crippen LogP contribution in [-0.4, -0.2) is 146 Å². The number of ether oxygens (including phenoxy) is 2. The molecule has 0 spiro atoms. The van der Waals surface area contributed by atoms with Crippen LogP contribution in [0.2, 0.25) is 0 Å². The van der Waals surface area contributed by atoms with E-state index in [2.05, 4.69) is 54.7 Å². The molecule has 8 N–H and O–H groups in total. The number of fused-ring (bicyclic) bond motifs is 2. The molecular formula is C70H88N10O10. The fourth-order valence-corrected chi connectivity index (χ4v) is 12.6. The highest BCUT2D eigenvalue weighted by Gasteiger charge is 2.46. The molecule has 8 amide bonds. The number of rotatable bonds is 28. The average molecular weight is 1230 g/mol. The number of nitrogens with zero attached hydrogens (tertiary/aromatic N) is 2. The Morgan fingerprint density at radius 2 is 0.900 bits per heavy atom. The Hall–Kier alpha value is -8.62. The number of para-hydroxylation sites is 2. The number of hydrogen-bond donors (Lipinski definition) is 8. The van der Waals surface area contributed by atoms with Crippen LogP contribution in [0.25, 0.3) is 0 Å². The van der Waals surface area contributed by atoms with Crippen molar-refractivity contribution < 1.29 is 47.8 Å². The number of carbonyl (C=O) groups is 8. The van der Waals surface area contributed by atoms with Crippen LogP contribution < -0.4 is 52.0 Å². The number of hydrogen-bond acceptors (Lipinski definition) is 12. The zero-order valence-corrected chi connectivity index (χ0v) is 52.2. The zero-order valence-electron chi connectivity index (χ0n) is 52.2. The van der Waals surface area contributed by atoms with Crippen LogP contribution in [0.4, 0.5) is 0 Å². The molecule has 5 aromatic rings. The summed E-state index contributed by atoms with van der Waals surface area (Å²) in [4.78, 5) is 115. The van der Waals surface area contributed by atoms with Gasteiger partial charge in [0.05, 0.1) is 37.3 Å². The fraction of sp³-hybridized carbons (Fsp3) is 0.457. The molecule has 2 heterocycles.